The Balaban J connectivity index is 1.55. The van der Waals surface area contributed by atoms with E-state index in [0.29, 0.717) is 31.1 Å². The predicted octanol–water partition coefficient (Wildman–Crippen LogP) is 3.35. The minimum atomic E-state index is -4.94. The zero-order chi connectivity index (χ0) is 29.0. The van der Waals surface area contributed by atoms with Crippen molar-refractivity contribution in [1.29, 1.82) is 0 Å². The van der Waals surface area contributed by atoms with Crippen molar-refractivity contribution in [2.75, 3.05) is 6.61 Å². The summed E-state index contributed by atoms with van der Waals surface area (Å²) in [6.07, 6.45) is 4.45. The van der Waals surface area contributed by atoms with Crippen molar-refractivity contribution in [2.45, 2.75) is 110 Å². The Hall–Kier alpha value is -0.340. The van der Waals surface area contributed by atoms with Crippen molar-refractivity contribution in [3.8, 4) is 0 Å². The Labute approximate surface area is 234 Å². The maximum absolute atomic E-state index is 11.7. The van der Waals surface area contributed by atoms with Crippen LogP contribution in [0.25, 0.3) is 0 Å². The molecule has 2 N–H and O–H groups in total. The van der Waals surface area contributed by atoms with E-state index < -0.39 is 44.5 Å². The van der Waals surface area contributed by atoms with E-state index in [2.05, 4.69) is 27.7 Å². The quantitative estimate of drug-likeness (QED) is 0.282. The van der Waals surface area contributed by atoms with E-state index >= 15 is 0 Å². The zero-order valence-electron chi connectivity index (χ0n) is 23.5. The highest BCUT2D eigenvalue weighted by Gasteiger charge is 2.65. The van der Waals surface area contributed by atoms with E-state index in [1.54, 1.807) is 0 Å². The van der Waals surface area contributed by atoms with Crippen LogP contribution in [-0.2, 0) is 29.2 Å². The minimum Gasteiger partial charge on any atom is -0.726 e. The summed E-state index contributed by atoms with van der Waals surface area (Å²) in [5.41, 5.74) is -0.665. The summed E-state index contributed by atoms with van der Waals surface area (Å²) in [5.74, 6) is 0.687. The molecule has 0 saturated heterocycles. The first-order valence-electron chi connectivity index (χ1n) is 14.6. The Kier molecular flexibility index (Phi) is 9.23. The highest BCUT2D eigenvalue weighted by molar-refractivity contribution is 7.81. The fraction of sp³-hybridized carbons (Fsp3) is 1.00. The summed E-state index contributed by atoms with van der Waals surface area (Å²) in [5, 5.41) is 22.8. The first-order valence-corrected chi connectivity index (χ1v) is 17.2. The zero-order valence-corrected chi connectivity index (χ0v) is 25.2. The van der Waals surface area contributed by atoms with Crippen LogP contribution in [0.3, 0.4) is 0 Å². The highest BCUT2D eigenvalue weighted by atomic mass is 32.3. The van der Waals surface area contributed by atoms with Crippen LogP contribution in [0.4, 0.5) is 0 Å². The van der Waals surface area contributed by atoms with Crippen LogP contribution in [0.15, 0.2) is 0 Å². The van der Waals surface area contributed by atoms with Gasteiger partial charge >= 0.3 is 0 Å². The van der Waals surface area contributed by atoms with Gasteiger partial charge in [-0.25, -0.2) is 16.8 Å². The van der Waals surface area contributed by atoms with Crippen molar-refractivity contribution in [1.82, 2.24) is 0 Å². The van der Waals surface area contributed by atoms with E-state index in [1.165, 1.54) is 0 Å². The van der Waals surface area contributed by atoms with Crippen molar-refractivity contribution < 1.29 is 44.5 Å². The van der Waals surface area contributed by atoms with Crippen LogP contribution in [0.1, 0.15) is 91.9 Å². The van der Waals surface area contributed by atoms with E-state index in [9.17, 15) is 36.2 Å². The third-order valence-corrected chi connectivity index (χ3v) is 12.2. The Morgan fingerprint density at radius 1 is 0.897 bits per heavy atom. The molecule has 0 unspecified atom stereocenters. The van der Waals surface area contributed by atoms with Gasteiger partial charge in [0.1, 0.15) is 6.10 Å². The lowest BCUT2D eigenvalue weighted by molar-refractivity contribution is -0.205. The molecule has 0 amide bonds. The minimum absolute atomic E-state index is 0.0785. The molecule has 228 valence electrons. The number of aliphatic hydroxyl groups excluding tert-OH is 2. The number of aliphatic hydroxyl groups is 2. The van der Waals surface area contributed by atoms with Crippen LogP contribution in [0, 0.1) is 52.3 Å². The van der Waals surface area contributed by atoms with Crippen LogP contribution in [0.5, 0.6) is 0 Å². The number of rotatable bonds is 10. The van der Waals surface area contributed by atoms with Crippen LogP contribution in [-0.4, -0.2) is 61.1 Å². The predicted molar refractivity (Wildman–Crippen MR) is 140 cm³/mol. The van der Waals surface area contributed by atoms with Crippen molar-refractivity contribution in [3.05, 3.63) is 0 Å². The van der Waals surface area contributed by atoms with E-state index in [4.69, 9.17) is 8.37 Å². The Morgan fingerprint density at radius 2 is 1.56 bits per heavy atom. The normalized spacial score (nSPS) is 43.5. The Morgan fingerprint density at radius 3 is 2.18 bits per heavy atom. The molecule has 11 atom stereocenters. The second-order valence-corrected chi connectivity index (χ2v) is 15.9. The maximum atomic E-state index is 11.7. The van der Waals surface area contributed by atoms with Gasteiger partial charge in [0, 0.05) is 0 Å². The molecule has 0 aromatic heterocycles. The molecule has 4 aliphatic carbocycles. The molecule has 4 fully saturated rings. The molecule has 0 bridgehead atoms. The van der Waals surface area contributed by atoms with E-state index in [-0.39, 0.29) is 48.0 Å². The molecule has 12 heteroatoms. The molecule has 0 spiro atoms. The summed E-state index contributed by atoms with van der Waals surface area (Å²) < 4.78 is 77.2. The number of fused-ring (bicyclic) bond motifs is 5. The third kappa shape index (κ3) is 6.53. The monoisotopic (exact) mass is 594 g/mol. The number of hydrogen-bond donors (Lipinski definition) is 2. The summed E-state index contributed by atoms with van der Waals surface area (Å²) in [4.78, 5) is 0. The van der Waals surface area contributed by atoms with E-state index in [1.807, 2.05) is 0 Å². The van der Waals surface area contributed by atoms with Crippen LogP contribution >= 0.6 is 0 Å². The van der Waals surface area contributed by atoms with Crippen molar-refractivity contribution >= 4 is 20.8 Å². The third-order valence-electron chi connectivity index (χ3n) is 11.3. The summed E-state index contributed by atoms with van der Waals surface area (Å²) in [7, 11) is -9.74. The summed E-state index contributed by atoms with van der Waals surface area (Å²) >= 11 is 0. The molecular formula is C27H46O10S2-2. The van der Waals surface area contributed by atoms with Gasteiger partial charge in [0.2, 0.25) is 20.8 Å². The highest BCUT2D eigenvalue weighted by Crippen LogP contribution is 2.68. The second-order valence-electron chi connectivity index (χ2n) is 13.8. The molecule has 0 heterocycles. The molecular weight excluding hydrogens is 548 g/mol. The maximum Gasteiger partial charge on any atom is 0.217 e. The van der Waals surface area contributed by atoms with Gasteiger partial charge in [0.05, 0.1) is 18.8 Å². The van der Waals surface area contributed by atoms with Gasteiger partial charge in [-0.3, -0.25) is 8.37 Å². The van der Waals surface area contributed by atoms with Gasteiger partial charge in [0.25, 0.3) is 0 Å². The smallest absolute Gasteiger partial charge is 0.217 e. The summed E-state index contributed by atoms with van der Waals surface area (Å²) in [6, 6.07) is 0. The van der Waals surface area contributed by atoms with Gasteiger partial charge in [0.15, 0.2) is 0 Å². The van der Waals surface area contributed by atoms with Crippen LogP contribution in [0.2, 0.25) is 0 Å². The molecule has 4 aliphatic rings. The summed E-state index contributed by atoms with van der Waals surface area (Å²) in [6.45, 7) is 8.45. The van der Waals surface area contributed by atoms with E-state index in [0.717, 1.165) is 38.5 Å². The fourth-order valence-corrected chi connectivity index (χ4v) is 10.7. The van der Waals surface area contributed by atoms with Crippen molar-refractivity contribution in [3.63, 3.8) is 0 Å². The second kappa shape index (κ2) is 11.4. The molecule has 4 saturated carbocycles. The van der Waals surface area contributed by atoms with Gasteiger partial charge in [-0.05, 0) is 104 Å². The lowest BCUT2D eigenvalue weighted by atomic mass is 9.43. The average molecular weight is 595 g/mol. The fourth-order valence-electron chi connectivity index (χ4n) is 9.86. The number of hydrogen-bond acceptors (Lipinski definition) is 10. The molecule has 4 rings (SSSR count). The van der Waals surface area contributed by atoms with Gasteiger partial charge < -0.3 is 19.3 Å². The molecule has 0 aliphatic heterocycles. The van der Waals surface area contributed by atoms with Crippen LogP contribution < -0.4 is 0 Å². The molecule has 0 radical (unpaired) electrons. The topological polar surface area (TPSA) is 173 Å². The van der Waals surface area contributed by atoms with Gasteiger partial charge in [-0.2, -0.15) is 0 Å². The molecule has 39 heavy (non-hydrogen) atoms. The molecule has 10 nitrogen and oxygen atoms in total. The average Bonchev–Trinajstić information content (AvgIpc) is 3.12. The van der Waals surface area contributed by atoms with Gasteiger partial charge in [-0.15, -0.1) is 0 Å². The van der Waals surface area contributed by atoms with Crippen molar-refractivity contribution in [2.24, 2.45) is 52.3 Å². The first kappa shape index (κ1) is 31.6. The largest absolute Gasteiger partial charge is 0.726 e. The molecule has 0 aromatic rings. The van der Waals surface area contributed by atoms with Gasteiger partial charge in [-0.1, -0.05) is 40.5 Å². The Bertz CT molecular complexity index is 1080. The lowest BCUT2D eigenvalue weighted by Crippen LogP contribution is -2.62. The molecule has 0 aromatic carbocycles. The SMILES string of the molecule is CC(C)CCC[C@@H](COS(=O)(=O)[O-])[C@H]1CC[C@H]2[C@@H]3CC[C@@H]4[C@H](O)[C@H](OS(=O)(=O)[O-])CC[C@]4(C)[C@H]3[C@@H](O)C[C@]12C. The lowest BCUT2D eigenvalue weighted by Gasteiger charge is -2.63. The standard InChI is InChI=1S/C27H48O10S2/c1-16(2)6-5-7-17(15-36-38(30,31)32)19-10-11-20-18-8-9-21-25(29)23(37-39(33,34)35)12-13-26(21,3)24(18)22(28)14-27(19,20)4/h16-25,28-29H,5-15H2,1-4H3,(H,30,31,32)(H,33,34,35)/p-2/t17-,18-,19+,20-,21+,22-,23+,24+,25-,26-,27+/m0/s1. The first-order chi connectivity index (χ1) is 18.0.